The van der Waals surface area contributed by atoms with Gasteiger partial charge in [-0.3, -0.25) is 9.69 Å². The molecule has 1 N–H and O–H groups in total. The molecular formula is C23H28ClN3O. The molecule has 0 radical (unpaired) electrons. The number of anilines is 1. The minimum Gasteiger partial charge on any atom is -0.374 e. The van der Waals surface area contributed by atoms with Crippen molar-refractivity contribution in [1.29, 1.82) is 0 Å². The van der Waals surface area contributed by atoms with E-state index < -0.39 is 0 Å². The van der Waals surface area contributed by atoms with E-state index in [1.807, 2.05) is 24.3 Å². The van der Waals surface area contributed by atoms with E-state index in [1.54, 1.807) is 0 Å². The molecular weight excluding hydrogens is 370 g/mol. The Labute approximate surface area is 172 Å². The van der Waals surface area contributed by atoms with Gasteiger partial charge in [0.1, 0.15) is 0 Å². The zero-order valence-electron chi connectivity index (χ0n) is 16.5. The quantitative estimate of drug-likeness (QED) is 0.804. The van der Waals surface area contributed by atoms with Crippen LogP contribution in [0.2, 0.25) is 5.02 Å². The number of carbonyl (C=O) groups excluding carboxylic acids is 1. The lowest BCUT2D eigenvalue weighted by atomic mass is 10.0. The number of hydrogen-bond acceptors (Lipinski definition) is 3. The number of likely N-dealkylation sites (tertiary alicyclic amines) is 1. The van der Waals surface area contributed by atoms with Crippen molar-refractivity contribution in [3.63, 3.8) is 0 Å². The summed E-state index contributed by atoms with van der Waals surface area (Å²) >= 11 is 5.93. The molecule has 0 bridgehead atoms. The van der Waals surface area contributed by atoms with Crippen LogP contribution in [-0.4, -0.2) is 44.0 Å². The fourth-order valence-corrected chi connectivity index (χ4v) is 4.49. The molecule has 2 heterocycles. The summed E-state index contributed by atoms with van der Waals surface area (Å²) in [4.78, 5) is 17.3. The molecule has 2 aromatic rings. The van der Waals surface area contributed by atoms with E-state index >= 15 is 0 Å². The lowest BCUT2D eigenvalue weighted by Crippen LogP contribution is -2.37. The van der Waals surface area contributed by atoms with Crippen molar-refractivity contribution in [2.45, 2.75) is 31.7 Å². The van der Waals surface area contributed by atoms with Crippen molar-refractivity contribution in [1.82, 2.24) is 10.2 Å². The maximum atomic E-state index is 12.5. The molecule has 0 spiro atoms. The Morgan fingerprint density at radius 2 is 1.86 bits per heavy atom. The van der Waals surface area contributed by atoms with Crippen molar-refractivity contribution in [3.8, 4) is 0 Å². The number of benzene rings is 2. The maximum Gasteiger partial charge on any atom is 0.224 e. The van der Waals surface area contributed by atoms with Crippen LogP contribution >= 0.6 is 11.6 Å². The van der Waals surface area contributed by atoms with E-state index in [0.717, 1.165) is 31.6 Å². The third-order valence-electron chi connectivity index (χ3n) is 5.97. The van der Waals surface area contributed by atoms with Gasteiger partial charge >= 0.3 is 0 Å². The van der Waals surface area contributed by atoms with Crippen molar-refractivity contribution >= 4 is 23.2 Å². The highest BCUT2D eigenvalue weighted by Gasteiger charge is 2.26. The topological polar surface area (TPSA) is 35.6 Å². The molecule has 0 aromatic heterocycles. The molecule has 1 fully saturated rings. The van der Waals surface area contributed by atoms with Crippen molar-refractivity contribution in [2.24, 2.45) is 0 Å². The first kappa shape index (κ1) is 19.3. The van der Waals surface area contributed by atoms with Crippen LogP contribution in [-0.2, 0) is 17.6 Å². The van der Waals surface area contributed by atoms with Gasteiger partial charge in [0, 0.05) is 30.8 Å². The summed E-state index contributed by atoms with van der Waals surface area (Å²) < 4.78 is 0. The highest BCUT2D eigenvalue weighted by atomic mass is 35.5. The second kappa shape index (κ2) is 8.54. The molecule has 4 rings (SSSR count). The highest BCUT2D eigenvalue weighted by Crippen LogP contribution is 2.32. The SMILES string of the molecule is CN1CCc2cc([C@@H](CNC(=O)Cc3ccc(Cl)cc3)N3CCCC3)ccc21. The minimum atomic E-state index is 0.0624. The number of hydrogen-bond donors (Lipinski definition) is 1. The van der Waals surface area contributed by atoms with E-state index in [1.165, 1.54) is 29.7 Å². The Morgan fingerprint density at radius 3 is 2.61 bits per heavy atom. The van der Waals surface area contributed by atoms with Gasteiger partial charge in [0.25, 0.3) is 0 Å². The van der Waals surface area contributed by atoms with E-state index in [2.05, 4.69) is 40.4 Å². The summed E-state index contributed by atoms with van der Waals surface area (Å²) in [7, 11) is 2.15. The number of halogens is 1. The molecule has 28 heavy (non-hydrogen) atoms. The van der Waals surface area contributed by atoms with Crippen LogP contribution in [0.4, 0.5) is 5.69 Å². The predicted octanol–water partition coefficient (Wildman–Crippen LogP) is 3.83. The monoisotopic (exact) mass is 397 g/mol. The number of carbonyl (C=O) groups is 1. The van der Waals surface area contributed by atoms with Gasteiger partial charge in [-0.15, -0.1) is 0 Å². The molecule has 2 aromatic carbocycles. The average Bonchev–Trinajstić information content (AvgIpc) is 3.34. The zero-order chi connectivity index (χ0) is 19.5. The van der Waals surface area contributed by atoms with E-state index in [4.69, 9.17) is 11.6 Å². The third-order valence-corrected chi connectivity index (χ3v) is 6.22. The van der Waals surface area contributed by atoms with E-state index in [9.17, 15) is 4.79 Å². The lowest BCUT2D eigenvalue weighted by Gasteiger charge is -2.29. The van der Waals surface area contributed by atoms with E-state index in [-0.39, 0.29) is 11.9 Å². The molecule has 0 unspecified atom stereocenters. The van der Waals surface area contributed by atoms with Gasteiger partial charge in [-0.1, -0.05) is 35.9 Å². The Hall–Kier alpha value is -2.04. The number of rotatable bonds is 6. The molecule has 2 aliphatic heterocycles. The molecule has 148 valence electrons. The van der Waals surface area contributed by atoms with E-state index in [0.29, 0.717) is 18.0 Å². The van der Waals surface area contributed by atoms with Crippen molar-refractivity contribution < 1.29 is 4.79 Å². The predicted molar refractivity (Wildman–Crippen MR) is 115 cm³/mol. The third kappa shape index (κ3) is 4.34. The number of likely N-dealkylation sites (N-methyl/N-ethyl adjacent to an activating group) is 1. The number of nitrogens with zero attached hydrogens (tertiary/aromatic N) is 2. The second-order valence-electron chi connectivity index (χ2n) is 7.93. The normalized spacial score (nSPS) is 17.6. The fourth-order valence-electron chi connectivity index (χ4n) is 4.37. The Bertz CT molecular complexity index is 830. The van der Waals surface area contributed by atoms with Crippen LogP contribution < -0.4 is 10.2 Å². The highest BCUT2D eigenvalue weighted by molar-refractivity contribution is 6.30. The van der Waals surface area contributed by atoms with Crippen LogP contribution in [0, 0.1) is 0 Å². The first-order chi connectivity index (χ1) is 13.6. The van der Waals surface area contributed by atoms with Gasteiger partial charge in [0.05, 0.1) is 12.5 Å². The van der Waals surface area contributed by atoms with Crippen LogP contribution in [0.5, 0.6) is 0 Å². The van der Waals surface area contributed by atoms with Crippen LogP contribution in [0.1, 0.15) is 35.6 Å². The first-order valence-corrected chi connectivity index (χ1v) is 10.6. The second-order valence-corrected chi connectivity index (χ2v) is 8.36. The van der Waals surface area contributed by atoms with Gasteiger partial charge in [0.2, 0.25) is 5.91 Å². The molecule has 5 heteroatoms. The zero-order valence-corrected chi connectivity index (χ0v) is 17.2. The maximum absolute atomic E-state index is 12.5. The Morgan fingerprint density at radius 1 is 1.11 bits per heavy atom. The number of fused-ring (bicyclic) bond motifs is 1. The van der Waals surface area contributed by atoms with Gasteiger partial charge < -0.3 is 10.2 Å². The number of amides is 1. The van der Waals surface area contributed by atoms with Crippen molar-refractivity contribution in [3.05, 3.63) is 64.2 Å². The summed E-state index contributed by atoms with van der Waals surface area (Å²) in [6.07, 6.45) is 3.97. The minimum absolute atomic E-state index is 0.0624. The van der Waals surface area contributed by atoms with Crippen LogP contribution in [0.25, 0.3) is 0 Å². The molecule has 2 aliphatic rings. The largest absolute Gasteiger partial charge is 0.374 e. The van der Waals surface area contributed by atoms with Crippen LogP contribution in [0.3, 0.4) is 0 Å². The molecule has 1 saturated heterocycles. The molecule has 4 nitrogen and oxygen atoms in total. The Balaban J connectivity index is 1.45. The molecule has 1 amide bonds. The van der Waals surface area contributed by atoms with Gasteiger partial charge in [-0.2, -0.15) is 0 Å². The summed E-state index contributed by atoms with van der Waals surface area (Å²) in [5, 5.41) is 3.87. The summed E-state index contributed by atoms with van der Waals surface area (Å²) in [5.74, 6) is 0.0624. The molecule has 0 saturated carbocycles. The summed E-state index contributed by atoms with van der Waals surface area (Å²) in [6.45, 7) is 3.95. The first-order valence-electron chi connectivity index (χ1n) is 10.2. The average molecular weight is 398 g/mol. The number of nitrogens with one attached hydrogen (secondary N) is 1. The van der Waals surface area contributed by atoms with Gasteiger partial charge in [-0.25, -0.2) is 0 Å². The van der Waals surface area contributed by atoms with Gasteiger partial charge in [0.15, 0.2) is 0 Å². The molecule has 1 atom stereocenters. The lowest BCUT2D eigenvalue weighted by molar-refractivity contribution is -0.120. The fraction of sp³-hybridized carbons (Fsp3) is 0.435. The summed E-state index contributed by atoms with van der Waals surface area (Å²) in [5.41, 5.74) is 5.08. The van der Waals surface area contributed by atoms with Gasteiger partial charge in [-0.05, 0) is 67.2 Å². The van der Waals surface area contributed by atoms with Crippen LogP contribution in [0.15, 0.2) is 42.5 Å². The van der Waals surface area contributed by atoms with Crippen molar-refractivity contribution in [2.75, 3.05) is 38.1 Å². The molecule has 0 aliphatic carbocycles. The smallest absolute Gasteiger partial charge is 0.224 e. The Kier molecular flexibility index (Phi) is 5.88. The summed E-state index contributed by atoms with van der Waals surface area (Å²) in [6, 6.07) is 14.6. The standard InChI is InChI=1S/C23H28ClN3O/c1-26-13-10-19-15-18(6-9-21(19)26)22(27-11-2-3-12-27)16-25-23(28)14-17-4-7-20(24)8-5-17/h4-9,15,22H,2-3,10-14,16H2,1H3,(H,25,28)/t22-/m1/s1.